The van der Waals surface area contributed by atoms with Crippen LogP contribution in [-0.4, -0.2) is 30.7 Å². The Morgan fingerprint density at radius 1 is 1.03 bits per heavy atom. The SMILES string of the molecule is O=C(CCCN1C(=O)c2cccc3cccc1c23)NCCSCc1ccccc1F. The van der Waals surface area contributed by atoms with Gasteiger partial charge >= 0.3 is 0 Å². The van der Waals surface area contributed by atoms with Crippen molar-refractivity contribution in [3.8, 4) is 0 Å². The normalized spacial score (nSPS) is 12.6. The number of carbonyl (C=O) groups is 2. The van der Waals surface area contributed by atoms with Crippen molar-refractivity contribution in [2.24, 2.45) is 0 Å². The van der Waals surface area contributed by atoms with E-state index in [4.69, 9.17) is 0 Å². The molecule has 4 nitrogen and oxygen atoms in total. The average molecular weight is 423 g/mol. The minimum absolute atomic E-state index is 0.00625. The summed E-state index contributed by atoms with van der Waals surface area (Å²) in [5.41, 5.74) is 2.35. The molecule has 6 heteroatoms. The Morgan fingerprint density at radius 3 is 2.67 bits per heavy atom. The number of hydrogen-bond acceptors (Lipinski definition) is 3. The van der Waals surface area contributed by atoms with Gasteiger partial charge in [-0.1, -0.05) is 42.5 Å². The van der Waals surface area contributed by atoms with E-state index in [-0.39, 0.29) is 17.6 Å². The number of nitrogens with zero attached hydrogens (tertiary/aromatic N) is 1. The molecule has 1 aliphatic rings. The topological polar surface area (TPSA) is 49.4 Å². The number of halogens is 1. The molecule has 0 aromatic heterocycles. The van der Waals surface area contributed by atoms with Crippen molar-refractivity contribution in [1.29, 1.82) is 0 Å². The molecule has 0 bridgehead atoms. The van der Waals surface area contributed by atoms with E-state index in [1.54, 1.807) is 28.8 Å². The molecule has 0 saturated heterocycles. The maximum atomic E-state index is 13.6. The van der Waals surface area contributed by atoms with Crippen molar-refractivity contribution in [2.45, 2.75) is 18.6 Å². The van der Waals surface area contributed by atoms with Crippen LogP contribution in [-0.2, 0) is 10.5 Å². The van der Waals surface area contributed by atoms with Crippen molar-refractivity contribution < 1.29 is 14.0 Å². The lowest BCUT2D eigenvalue weighted by atomic mass is 10.1. The van der Waals surface area contributed by atoms with Crippen molar-refractivity contribution in [2.75, 3.05) is 23.7 Å². The summed E-state index contributed by atoms with van der Waals surface area (Å²) >= 11 is 1.59. The van der Waals surface area contributed by atoms with Crippen LogP contribution in [0.2, 0.25) is 0 Å². The Morgan fingerprint density at radius 2 is 1.83 bits per heavy atom. The Hall–Kier alpha value is -2.86. The molecule has 2 amide bonds. The Balaban J connectivity index is 1.19. The molecule has 0 fully saturated rings. The predicted octanol–water partition coefficient (Wildman–Crippen LogP) is 4.77. The summed E-state index contributed by atoms with van der Waals surface area (Å²) in [6.45, 7) is 1.06. The zero-order chi connectivity index (χ0) is 20.9. The lowest BCUT2D eigenvalue weighted by Crippen LogP contribution is -2.30. The molecule has 0 unspecified atom stereocenters. The zero-order valence-corrected chi connectivity index (χ0v) is 17.4. The lowest BCUT2D eigenvalue weighted by Gasteiger charge is -2.17. The maximum Gasteiger partial charge on any atom is 0.258 e. The minimum Gasteiger partial charge on any atom is -0.355 e. The van der Waals surface area contributed by atoms with Gasteiger partial charge in [0.15, 0.2) is 0 Å². The highest BCUT2D eigenvalue weighted by molar-refractivity contribution is 7.98. The van der Waals surface area contributed by atoms with E-state index in [1.807, 2.05) is 42.5 Å². The molecule has 4 rings (SSSR count). The van der Waals surface area contributed by atoms with Crippen LogP contribution in [0.1, 0.15) is 28.8 Å². The molecule has 30 heavy (non-hydrogen) atoms. The minimum atomic E-state index is -0.191. The first kappa shape index (κ1) is 20.4. The van der Waals surface area contributed by atoms with E-state index in [9.17, 15) is 14.0 Å². The van der Waals surface area contributed by atoms with Crippen LogP contribution in [0, 0.1) is 5.82 Å². The molecule has 3 aromatic rings. The number of hydrogen-bond donors (Lipinski definition) is 1. The zero-order valence-electron chi connectivity index (χ0n) is 16.6. The number of nitrogens with one attached hydrogen (secondary N) is 1. The third-order valence-corrected chi connectivity index (χ3v) is 6.23. The van der Waals surface area contributed by atoms with Gasteiger partial charge in [-0.25, -0.2) is 4.39 Å². The first-order chi connectivity index (χ1) is 14.6. The highest BCUT2D eigenvalue weighted by Gasteiger charge is 2.28. The van der Waals surface area contributed by atoms with Gasteiger partial charge in [0, 0.05) is 42.0 Å². The van der Waals surface area contributed by atoms with Gasteiger partial charge in [0.2, 0.25) is 5.91 Å². The summed E-state index contributed by atoms with van der Waals surface area (Å²) < 4.78 is 13.6. The molecule has 1 aliphatic heterocycles. The maximum absolute atomic E-state index is 13.6. The van der Waals surface area contributed by atoms with E-state index in [0.717, 1.165) is 27.8 Å². The van der Waals surface area contributed by atoms with Gasteiger partial charge in [0.25, 0.3) is 5.91 Å². The number of rotatable bonds is 9. The van der Waals surface area contributed by atoms with Crippen LogP contribution in [0.15, 0.2) is 60.7 Å². The van der Waals surface area contributed by atoms with Gasteiger partial charge in [0.05, 0.1) is 5.69 Å². The summed E-state index contributed by atoms with van der Waals surface area (Å²) in [4.78, 5) is 26.6. The van der Waals surface area contributed by atoms with E-state index < -0.39 is 0 Å². The monoisotopic (exact) mass is 422 g/mol. The number of benzene rings is 3. The fourth-order valence-corrected chi connectivity index (χ4v) is 4.59. The van der Waals surface area contributed by atoms with Gasteiger partial charge in [-0.05, 0) is 35.6 Å². The van der Waals surface area contributed by atoms with Crippen LogP contribution < -0.4 is 10.2 Å². The number of carbonyl (C=O) groups excluding carboxylic acids is 2. The summed E-state index contributed by atoms with van der Waals surface area (Å²) in [6.07, 6.45) is 0.971. The van der Waals surface area contributed by atoms with Crippen molar-refractivity contribution in [3.05, 3.63) is 77.6 Å². The van der Waals surface area contributed by atoms with Crippen LogP contribution in [0.3, 0.4) is 0 Å². The van der Waals surface area contributed by atoms with Crippen molar-refractivity contribution >= 4 is 40.0 Å². The summed E-state index contributed by atoms with van der Waals surface area (Å²) in [6, 6.07) is 18.4. The van der Waals surface area contributed by atoms with E-state index in [1.165, 1.54) is 6.07 Å². The smallest absolute Gasteiger partial charge is 0.258 e. The van der Waals surface area contributed by atoms with Crippen LogP contribution in [0.4, 0.5) is 10.1 Å². The summed E-state index contributed by atoms with van der Waals surface area (Å²) in [5, 5.41) is 4.96. The predicted molar refractivity (Wildman–Crippen MR) is 120 cm³/mol. The second-order valence-corrected chi connectivity index (χ2v) is 8.34. The first-order valence-electron chi connectivity index (χ1n) is 10.1. The first-order valence-corrected chi connectivity index (χ1v) is 11.2. The molecule has 3 aromatic carbocycles. The van der Waals surface area contributed by atoms with E-state index >= 15 is 0 Å². The Bertz CT molecular complexity index is 1080. The number of thioether (sulfide) groups is 1. The molecule has 0 radical (unpaired) electrons. The van der Waals surface area contributed by atoms with E-state index in [2.05, 4.69) is 5.32 Å². The molecular formula is C24H23FN2O2S. The highest BCUT2D eigenvalue weighted by Crippen LogP contribution is 2.37. The molecule has 0 spiro atoms. The number of amides is 2. The van der Waals surface area contributed by atoms with Crippen molar-refractivity contribution in [1.82, 2.24) is 5.32 Å². The van der Waals surface area contributed by atoms with Gasteiger partial charge in [0.1, 0.15) is 5.82 Å². The molecule has 0 saturated carbocycles. The molecule has 0 aliphatic carbocycles. The van der Waals surface area contributed by atoms with Crippen LogP contribution in [0.25, 0.3) is 10.8 Å². The summed E-state index contributed by atoms with van der Waals surface area (Å²) in [5.74, 6) is 1.10. The lowest BCUT2D eigenvalue weighted by molar-refractivity contribution is -0.121. The second-order valence-electron chi connectivity index (χ2n) is 7.24. The Labute approximate surface area is 179 Å². The fraction of sp³-hybridized carbons (Fsp3) is 0.250. The van der Waals surface area contributed by atoms with E-state index in [0.29, 0.717) is 37.2 Å². The summed E-state index contributed by atoms with van der Waals surface area (Å²) in [7, 11) is 0. The average Bonchev–Trinajstić information content (AvgIpc) is 3.03. The van der Waals surface area contributed by atoms with Crippen LogP contribution >= 0.6 is 11.8 Å². The van der Waals surface area contributed by atoms with Gasteiger partial charge in [-0.3, -0.25) is 9.59 Å². The van der Waals surface area contributed by atoms with Gasteiger partial charge in [-0.15, -0.1) is 0 Å². The molecular weight excluding hydrogens is 399 g/mol. The standard InChI is InChI=1S/C24H23FN2O2S/c25-20-10-2-1-6-18(20)16-30-15-13-26-22(28)12-5-14-27-21-11-4-8-17-7-3-9-19(23(17)21)24(27)29/h1-4,6-11H,5,12-16H2,(H,26,28). The fourth-order valence-electron chi connectivity index (χ4n) is 3.75. The molecule has 154 valence electrons. The second kappa shape index (κ2) is 9.30. The van der Waals surface area contributed by atoms with Crippen molar-refractivity contribution in [3.63, 3.8) is 0 Å². The highest BCUT2D eigenvalue weighted by atomic mass is 32.2. The van der Waals surface area contributed by atoms with Gasteiger partial charge < -0.3 is 10.2 Å². The molecule has 1 N–H and O–H groups in total. The van der Waals surface area contributed by atoms with Crippen LogP contribution in [0.5, 0.6) is 0 Å². The Kier molecular flexibility index (Phi) is 6.33. The van der Waals surface area contributed by atoms with Gasteiger partial charge in [-0.2, -0.15) is 11.8 Å². The molecule has 1 heterocycles. The molecule has 0 atom stereocenters. The number of anilines is 1. The quantitative estimate of drug-likeness (QED) is 0.506. The third kappa shape index (κ3) is 4.33. The third-order valence-electron chi connectivity index (χ3n) is 5.22. The largest absolute Gasteiger partial charge is 0.355 e.